The van der Waals surface area contributed by atoms with Gasteiger partial charge in [-0.2, -0.15) is 0 Å². The van der Waals surface area contributed by atoms with E-state index in [0.717, 1.165) is 11.3 Å². The summed E-state index contributed by atoms with van der Waals surface area (Å²) in [6, 6.07) is 12.5. The molecule has 0 fully saturated rings. The quantitative estimate of drug-likeness (QED) is 0.849. The van der Waals surface area contributed by atoms with E-state index in [1.165, 1.54) is 0 Å². The number of hydrogen-bond donors (Lipinski definition) is 2. The Labute approximate surface area is 141 Å². The maximum absolute atomic E-state index is 12.7. The van der Waals surface area contributed by atoms with E-state index in [0.29, 0.717) is 23.4 Å². The SMILES string of the molecule is COc1ccccc1C(=O)NC1CC(C)(C)Oc2ccc(N)cc21. The Hall–Kier alpha value is -2.69. The van der Waals surface area contributed by atoms with Gasteiger partial charge in [0, 0.05) is 17.7 Å². The number of fused-ring (bicyclic) bond motifs is 1. The fourth-order valence-electron chi connectivity index (χ4n) is 3.07. The summed E-state index contributed by atoms with van der Waals surface area (Å²) >= 11 is 0. The van der Waals surface area contributed by atoms with Gasteiger partial charge in [-0.3, -0.25) is 4.79 Å². The molecule has 0 spiro atoms. The molecule has 3 rings (SSSR count). The second kappa shape index (κ2) is 6.07. The van der Waals surface area contributed by atoms with E-state index in [1.54, 1.807) is 25.3 Å². The van der Waals surface area contributed by atoms with Crippen molar-refractivity contribution in [2.45, 2.75) is 31.9 Å². The van der Waals surface area contributed by atoms with E-state index in [2.05, 4.69) is 5.32 Å². The molecule has 0 aliphatic carbocycles. The highest BCUT2D eigenvalue weighted by molar-refractivity contribution is 5.97. The Kier molecular flexibility index (Phi) is 4.09. The molecule has 2 aromatic carbocycles. The van der Waals surface area contributed by atoms with Crippen LogP contribution in [0.5, 0.6) is 11.5 Å². The van der Waals surface area contributed by atoms with Gasteiger partial charge >= 0.3 is 0 Å². The highest BCUT2D eigenvalue weighted by Gasteiger charge is 2.35. The molecule has 0 radical (unpaired) electrons. The number of nitrogens with one attached hydrogen (secondary N) is 1. The van der Waals surface area contributed by atoms with Gasteiger partial charge in [0.25, 0.3) is 5.91 Å². The molecule has 126 valence electrons. The maximum atomic E-state index is 12.7. The number of methoxy groups -OCH3 is 1. The standard InChI is InChI=1S/C19H22N2O3/c1-19(2)11-15(14-10-12(20)8-9-17(14)24-19)21-18(22)13-6-4-5-7-16(13)23-3/h4-10,15H,11,20H2,1-3H3,(H,21,22). The van der Waals surface area contributed by atoms with E-state index in [1.807, 2.05) is 38.1 Å². The normalized spacial score (nSPS) is 18.2. The van der Waals surface area contributed by atoms with Crippen molar-refractivity contribution < 1.29 is 14.3 Å². The number of nitrogens with two attached hydrogens (primary N) is 1. The predicted molar refractivity (Wildman–Crippen MR) is 93.4 cm³/mol. The van der Waals surface area contributed by atoms with Crippen molar-refractivity contribution >= 4 is 11.6 Å². The van der Waals surface area contributed by atoms with Crippen LogP contribution in [0.1, 0.15) is 42.2 Å². The van der Waals surface area contributed by atoms with Crippen LogP contribution in [0.2, 0.25) is 0 Å². The Morgan fingerprint density at radius 1 is 1.29 bits per heavy atom. The third kappa shape index (κ3) is 3.15. The molecule has 5 nitrogen and oxygen atoms in total. The molecule has 3 N–H and O–H groups in total. The van der Waals surface area contributed by atoms with Crippen molar-refractivity contribution in [2.24, 2.45) is 0 Å². The van der Waals surface area contributed by atoms with Crippen LogP contribution >= 0.6 is 0 Å². The van der Waals surface area contributed by atoms with Crippen molar-refractivity contribution in [1.29, 1.82) is 0 Å². The van der Waals surface area contributed by atoms with Crippen molar-refractivity contribution in [3.05, 3.63) is 53.6 Å². The molecule has 0 saturated carbocycles. The van der Waals surface area contributed by atoms with Crippen LogP contribution in [0.3, 0.4) is 0 Å². The van der Waals surface area contributed by atoms with Gasteiger partial charge in [0.1, 0.15) is 17.1 Å². The molecule has 1 heterocycles. The smallest absolute Gasteiger partial charge is 0.255 e. The van der Waals surface area contributed by atoms with E-state index in [9.17, 15) is 4.79 Å². The number of rotatable bonds is 3. The Bertz CT molecular complexity index is 771. The van der Waals surface area contributed by atoms with E-state index < -0.39 is 0 Å². The molecule has 1 amide bonds. The lowest BCUT2D eigenvalue weighted by Gasteiger charge is -2.38. The fraction of sp³-hybridized carbons (Fsp3) is 0.316. The average molecular weight is 326 g/mol. The molecule has 0 bridgehead atoms. The maximum Gasteiger partial charge on any atom is 0.255 e. The second-order valence-electron chi connectivity index (χ2n) is 6.59. The van der Waals surface area contributed by atoms with Crippen molar-refractivity contribution in [1.82, 2.24) is 5.32 Å². The van der Waals surface area contributed by atoms with Crippen LogP contribution < -0.4 is 20.5 Å². The van der Waals surface area contributed by atoms with Gasteiger partial charge in [-0.25, -0.2) is 0 Å². The summed E-state index contributed by atoms with van der Waals surface area (Å²) < 4.78 is 11.3. The van der Waals surface area contributed by atoms with Crippen LogP contribution in [-0.4, -0.2) is 18.6 Å². The summed E-state index contributed by atoms with van der Waals surface area (Å²) in [5.74, 6) is 1.13. The average Bonchev–Trinajstić information content (AvgIpc) is 2.54. The Balaban J connectivity index is 1.92. The molecular weight excluding hydrogens is 304 g/mol. The van der Waals surface area contributed by atoms with Crippen molar-refractivity contribution in [3.8, 4) is 11.5 Å². The summed E-state index contributed by atoms with van der Waals surface area (Å²) in [5, 5.41) is 3.09. The number of ether oxygens (including phenoxy) is 2. The van der Waals surface area contributed by atoms with E-state index >= 15 is 0 Å². The van der Waals surface area contributed by atoms with Crippen LogP contribution in [-0.2, 0) is 0 Å². The highest BCUT2D eigenvalue weighted by Crippen LogP contribution is 2.40. The lowest BCUT2D eigenvalue weighted by molar-refractivity contribution is 0.0619. The molecular formula is C19H22N2O3. The van der Waals surface area contributed by atoms with Crippen molar-refractivity contribution in [3.63, 3.8) is 0 Å². The molecule has 1 atom stereocenters. The van der Waals surface area contributed by atoms with Gasteiger partial charge in [-0.15, -0.1) is 0 Å². The molecule has 5 heteroatoms. The van der Waals surface area contributed by atoms with Crippen LogP contribution in [0.4, 0.5) is 5.69 Å². The molecule has 0 saturated heterocycles. The van der Waals surface area contributed by atoms with Crippen molar-refractivity contribution in [2.75, 3.05) is 12.8 Å². The first kappa shape index (κ1) is 16.2. The highest BCUT2D eigenvalue weighted by atomic mass is 16.5. The minimum atomic E-state index is -0.373. The number of anilines is 1. The largest absolute Gasteiger partial charge is 0.496 e. The zero-order chi connectivity index (χ0) is 17.3. The summed E-state index contributed by atoms with van der Waals surface area (Å²) in [7, 11) is 1.56. The monoisotopic (exact) mass is 326 g/mol. The number of hydrogen-bond acceptors (Lipinski definition) is 4. The van der Waals surface area contributed by atoms with Crippen LogP contribution in [0, 0.1) is 0 Å². The lowest BCUT2D eigenvalue weighted by Crippen LogP contribution is -2.41. The molecule has 1 unspecified atom stereocenters. The minimum Gasteiger partial charge on any atom is -0.496 e. The molecule has 2 aromatic rings. The van der Waals surface area contributed by atoms with E-state index in [-0.39, 0.29) is 17.6 Å². The number of nitrogen functional groups attached to an aromatic ring is 1. The van der Waals surface area contributed by atoms with Crippen LogP contribution in [0.25, 0.3) is 0 Å². The Morgan fingerprint density at radius 2 is 2.04 bits per heavy atom. The number of benzene rings is 2. The topological polar surface area (TPSA) is 73.6 Å². The van der Waals surface area contributed by atoms with Gasteiger partial charge in [-0.05, 0) is 44.2 Å². The first-order valence-electron chi connectivity index (χ1n) is 7.92. The summed E-state index contributed by atoms with van der Waals surface area (Å²) in [5.41, 5.74) is 7.59. The first-order chi connectivity index (χ1) is 11.4. The molecule has 1 aliphatic rings. The van der Waals surface area contributed by atoms with Gasteiger partial charge in [0.2, 0.25) is 0 Å². The van der Waals surface area contributed by atoms with Crippen LogP contribution in [0.15, 0.2) is 42.5 Å². The van der Waals surface area contributed by atoms with E-state index in [4.69, 9.17) is 15.2 Å². The summed E-state index contributed by atoms with van der Waals surface area (Å²) in [6.07, 6.45) is 0.657. The number of carbonyl (C=O) groups excluding carboxylic acids is 1. The summed E-state index contributed by atoms with van der Waals surface area (Å²) in [6.45, 7) is 4.02. The van der Waals surface area contributed by atoms with Gasteiger partial charge < -0.3 is 20.5 Å². The molecule has 24 heavy (non-hydrogen) atoms. The number of carbonyl (C=O) groups is 1. The minimum absolute atomic E-state index is 0.176. The first-order valence-corrected chi connectivity index (χ1v) is 7.92. The zero-order valence-corrected chi connectivity index (χ0v) is 14.1. The third-order valence-electron chi connectivity index (χ3n) is 4.15. The van der Waals surface area contributed by atoms with Gasteiger partial charge in [-0.1, -0.05) is 12.1 Å². The van der Waals surface area contributed by atoms with Gasteiger partial charge in [0.05, 0.1) is 18.7 Å². The number of para-hydroxylation sites is 1. The second-order valence-corrected chi connectivity index (χ2v) is 6.59. The predicted octanol–water partition coefficient (Wildman–Crippen LogP) is 3.31. The third-order valence-corrected chi connectivity index (χ3v) is 4.15. The van der Waals surface area contributed by atoms with Gasteiger partial charge in [0.15, 0.2) is 0 Å². The summed E-state index contributed by atoms with van der Waals surface area (Å²) in [4.78, 5) is 12.7. The zero-order valence-electron chi connectivity index (χ0n) is 14.1. The lowest BCUT2D eigenvalue weighted by atomic mass is 9.89. The fourth-order valence-corrected chi connectivity index (χ4v) is 3.07. The number of amides is 1. The Morgan fingerprint density at radius 3 is 2.79 bits per heavy atom. The molecule has 1 aliphatic heterocycles. The molecule has 0 aromatic heterocycles.